The van der Waals surface area contributed by atoms with E-state index in [9.17, 15) is 4.79 Å². The van der Waals surface area contributed by atoms with Gasteiger partial charge in [-0.1, -0.05) is 31.2 Å². The van der Waals surface area contributed by atoms with E-state index in [-0.39, 0.29) is 11.0 Å². The molecule has 0 aliphatic heterocycles. The molecule has 148 valence electrons. The van der Waals surface area contributed by atoms with E-state index >= 15 is 0 Å². The van der Waals surface area contributed by atoms with Crippen molar-refractivity contribution in [2.75, 3.05) is 17.2 Å². The second-order valence-corrected chi connectivity index (χ2v) is 6.76. The lowest BCUT2D eigenvalue weighted by molar-refractivity contribution is 0.0977. The monoisotopic (exact) mass is 405 g/mol. The first-order chi connectivity index (χ1) is 14.1. The SMILES string of the molecule is CCCOc1cccc(C(=O)NC(=S)Nc2ccc(Nc3ccccc3)cc2)c1. The summed E-state index contributed by atoms with van der Waals surface area (Å²) >= 11 is 5.26. The summed E-state index contributed by atoms with van der Waals surface area (Å²) in [6, 6.07) is 24.6. The van der Waals surface area contributed by atoms with Crippen molar-refractivity contribution in [1.82, 2.24) is 5.32 Å². The molecule has 1 amide bonds. The largest absolute Gasteiger partial charge is 0.494 e. The number of ether oxygens (including phenoxy) is 1. The predicted molar refractivity (Wildman–Crippen MR) is 122 cm³/mol. The third-order valence-electron chi connectivity index (χ3n) is 4.00. The Balaban J connectivity index is 1.54. The third-order valence-corrected chi connectivity index (χ3v) is 4.21. The molecule has 3 N–H and O–H groups in total. The fourth-order valence-electron chi connectivity index (χ4n) is 2.61. The Morgan fingerprint density at radius 2 is 1.59 bits per heavy atom. The van der Waals surface area contributed by atoms with Crippen molar-refractivity contribution < 1.29 is 9.53 Å². The average Bonchev–Trinajstić information content (AvgIpc) is 2.74. The minimum atomic E-state index is -0.285. The van der Waals surface area contributed by atoms with E-state index < -0.39 is 0 Å². The molecule has 6 heteroatoms. The van der Waals surface area contributed by atoms with Gasteiger partial charge < -0.3 is 15.4 Å². The van der Waals surface area contributed by atoms with Gasteiger partial charge in [-0.2, -0.15) is 0 Å². The minimum Gasteiger partial charge on any atom is -0.494 e. The number of thiocarbonyl (C=S) groups is 1. The Morgan fingerprint density at radius 3 is 2.31 bits per heavy atom. The number of nitrogens with one attached hydrogen (secondary N) is 3. The molecule has 29 heavy (non-hydrogen) atoms. The lowest BCUT2D eigenvalue weighted by Gasteiger charge is -2.12. The number of anilines is 3. The highest BCUT2D eigenvalue weighted by molar-refractivity contribution is 7.80. The maximum absolute atomic E-state index is 12.4. The van der Waals surface area contributed by atoms with Crippen LogP contribution in [0.2, 0.25) is 0 Å². The molecule has 0 atom stereocenters. The highest BCUT2D eigenvalue weighted by atomic mass is 32.1. The first-order valence-corrected chi connectivity index (χ1v) is 9.82. The number of amides is 1. The van der Waals surface area contributed by atoms with Crippen molar-refractivity contribution in [3.8, 4) is 5.75 Å². The molecule has 0 saturated heterocycles. The number of hydrogen-bond acceptors (Lipinski definition) is 4. The molecule has 3 aromatic carbocycles. The van der Waals surface area contributed by atoms with E-state index in [0.29, 0.717) is 17.9 Å². The standard InChI is InChI=1S/C23H23N3O2S/c1-2-15-28-21-10-6-7-17(16-21)22(27)26-23(29)25-20-13-11-19(12-14-20)24-18-8-4-3-5-9-18/h3-14,16,24H,2,15H2,1H3,(H2,25,26,27,29). The van der Waals surface area contributed by atoms with Crippen molar-refractivity contribution in [3.63, 3.8) is 0 Å². The van der Waals surface area contributed by atoms with Gasteiger partial charge in [-0.3, -0.25) is 10.1 Å². The first-order valence-electron chi connectivity index (χ1n) is 9.41. The van der Waals surface area contributed by atoms with Crippen LogP contribution in [0.1, 0.15) is 23.7 Å². The van der Waals surface area contributed by atoms with Crippen molar-refractivity contribution in [1.29, 1.82) is 0 Å². The van der Waals surface area contributed by atoms with Crippen LogP contribution >= 0.6 is 12.2 Å². The van der Waals surface area contributed by atoms with E-state index in [1.165, 1.54) is 0 Å². The van der Waals surface area contributed by atoms with Crippen molar-refractivity contribution in [3.05, 3.63) is 84.4 Å². The molecule has 0 spiro atoms. The quantitative estimate of drug-likeness (QED) is 0.463. The van der Waals surface area contributed by atoms with Gasteiger partial charge in [0.15, 0.2) is 5.11 Å². The van der Waals surface area contributed by atoms with Crippen LogP contribution in [0.4, 0.5) is 17.1 Å². The molecule has 0 aliphatic rings. The Hall–Kier alpha value is -3.38. The molecule has 0 unspecified atom stereocenters. The van der Waals surface area contributed by atoms with Gasteiger partial charge in [0.2, 0.25) is 0 Å². The molecule has 0 radical (unpaired) electrons. The van der Waals surface area contributed by atoms with Crippen molar-refractivity contribution in [2.45, 2.75) is 13.3 Å². The summed E-state index contributed by atoms with van der Waals surface area (Å²) in [4.78, 5) is 12.4. The number of hydrogen-bond donors (Lipinski definition) is 3. The fourth-order valence-corrected chi connectivity index (χ4v) is 2.82. The minimum absolute atomic E-state index is 0.235. The molecule has 5 nitrogen and oxygen atoms in total. The number of benzene rings is 3. The maximum atomic E-state index is 12.4. The molecule has 0 aliphatic carbocycles. The topological polar surface area (TPSA) is 62.4 Å². The van der Waals surface area contributed by atoms with Crippen LogP contribution in [0.25, 0.3) is 0 Å². The Labute approximate surface area is 176 Å². The van der Waals surface area contributed by atoms with E-state index in [0.717, 1.165) is 23.5 Å². The van der Waals surface area contributed by atoms with Crippen LogP contribution in [-0.2, 0) is 0 Å². The highest BCUT2D eigenvalue weighted by Crippen LogP contribution is 2.19. The van der Waals surface area contributed by atoms with Crippen molar-refractivity contribution >= 4 is 40.3 Å². The number of para-hydroxylation sites is 1. The lowest BCUT2D eigenvalue weighted by atomic mass is 10.2. The molecule has 3 aromatic rings. The summed E-state index contributed by atoms with van der Waals surface area (Å²) in [5, 5.41) is 9.27. The molecule has 0 bridgehead atoms. The molecular formula is C23H23N3O2S. The number of carbonyl (C=O) groups excluding carboxylic acids is 1. The predicted octanol–water partition coefficient (Wildman–Crippen LogP) is 5.35. The molecule has 0 heterocycles. The average molecular weight is 406 g/mol. The van der Waals surface area contributed by atoms with Crippen LogP contribution in [0, 0.1) is 0 Å². The van der Waals surface area contributed by atoms with Gasteiger partial charge in [-0.05, 0) is 73.2 Å². The molecule has 3 rings (SSSR count). The first kappa shape index (κ1) is 20.4. The van der Waals surface area contributed by atoms with Gasteiger partial charge in [0.1, 0.15) is 5.75 Å². The normalized spacial score (nSPS) is 10.1. The van der Waals surface area contributed by atoms with Crippen molar-refractivity contribution in [2.24, 2.45) is 0 Å². The Bertz CT molecular complexity index is 959. The van der Waals surface area contributed by atoms with Crippen LogP contribution < -0.4 is 20.7 Å². The van der Waals surface area contributed by atoms with Gasteiger partial charge in [0.25, 0.3) is 5.91 Å². The summed E-state index contributed by atoms with van der Waals surface area (Å²) in [6.45, 7) is 2.64. The Kier molecular flexibility index (Phi) is 7.19. The second kappa shape index (κ2) is 10.2. The van der Waals surface area contributed by atoms with Crippen LogP contribution in [0.15, 0.2) is 78.9 Å². The van der Waals surface area contributed by atoms with E-state index in [1.807, 2.05) is 67.6 Å². The van der Waals surface area contributed by atoms with Gasteiger partial charge in [0.05, 0.1) is 6.61 Å². The van der Waals surface area contributed by atoms with E-state index in [2.05, 4.69) is 16.0 Å². The van der Waals surface area contributed by atoms with Gasteiger partial charge in [-0.15, -0.1) is 0 Å². The third kappa shape index (κ3) is 6.33. The molecule has 0 fully saturated rings. The summed E-state index contributed by atoms with van der Waals surface area (Å²) < 4.78 is 5.57. The zero-order valence-corrected chi connectivity index (χ0v) is 17.0. The van der Waals surface area contributed by atoms with E-state index in [1.54, 1.807) is 18.2 Å². The summed E-state index contributed by atoms with van der Waals surface area (Å²) in [5.41, 5.74) is 3.25. The fraction of sp³-hybridized carbons (Fsp3) is 0.130. The van der Waals surface area contributed by atoms with E-state index in [4.69, 9.17) is 17.0 Å². The summed E-state index contributed by atoms with van der Waals surface area (Å²) in [6.07, 6.45) is 0.907. The molecule has 0 aromatic heterocycles. The Morgan fingerprint density at radius 1 is 0.897 bits per heavy atom. The maximum Gasteiger partial charge on any atom is 0.257 e. The summed E-state index contributed by atoms with van der Waals surface area (Å²) in [5.74, 6) is 0.381. The lowest BCUT2D eigenvalue weighted by Crippen LogP contribution is -2.34. The molecule has 0 saturated carbocycles. The second-order valence-electron chi connectivity index (χ2n) is 6.35. The smallest absolute Gasteiger partial charge is 0.257 e. The van der Waals surface area contributed by atoms with Crippen LogP contribution in [0.3, 0.4) is 0 Å². The van der Waals surface area contributed by atoms with Gasteiger partial charge in [-0.25, -0.2) is 0 Å². The van der Waals surface area contributed by atoms with Crippen LogP contribution in [-0.4, -0.2) is 17.6 Å². The highest BCUT2D eigenvalue weighted by Gasteiger charge is 2.09. The number of carbonyl (C=O) groups is 1. The zero-order valence-electron chi connectivity index (χ0n) is 16.1. The van der Waals surface area contributed by atoms with Gasteiger partial charge >= 0.3 is 0 Å². The zero-order chi connectivity index (χ0) is 20.5. The summed E-state index contributed by atoms with van der Waals surface area (Å²) in [7, 11) is 0. The van der Waals surface area contributed by atoms with Gasteiger partial charge in [0, 0.05) is 22.6 Å². The number of rotatable bonds is 7. The van der Waals surface area contributed by atoms with Crippen LogP contribution in [0.5, 0.6) is 5.75 Å². The molecular weight excluding hydrogens is 382 g/mol.